The van der Waals surface area contributed by atoms with Gasteiger partial charge in [0.2, 0.25) is 0 Å². The van der Waals surface area contributed by atoms with Crippen molar-refractivity contribution in [3.63, 3.8) is 0 Å². The third-order valence-electron chi connectivity index (χ3n) is 3.43. The van der Waals surface area contributed by atoms with Gasteiger partial charge in [-0.25, -0.2) is 0 Å². The number of benzene rings is 1. The number of carbonyl (C=O) groups is 1. The highest BCUT2D eigenvalue weighted by Crippen LogP contribution is 2.24. The van der Waals surface area contributed by atoms with Crippen molar-refractivity contribution in [3.8, 4) is 5.75 Å². The van der Waals surface area contributed by atoms with Crippen LogP contribution in [-0.2, 0) is 4.79 Å². The smallest absolute Gasteiger partial charge is 0.161 e. The summed E-state index contributed by atoms with van der Waals surface area (Å²) < 4.78 is 5.63. The van der Waals surface area contributed by atoms with Crippen molar-refractivity contribution in [2.24, 2.45) is 5.92 Å². The quantitative estimate of drug-likeness (QED) is 0.737. The first-order valence-electron chi connectivity index (χ1n) is 6.66. The van der Waals surface area contributed by atoms with E-state index in [0.29, 0.717) is 12.4 Å². The molecule has 0 fully saturated rings. The first-order valence-corrected chi connectivity index (χ1v) is 6.66. The van der Waals surface area contributed by atoms with Crippen LogP contribution in [0.5, 0.6) is 5.75 Å². The number of para-hydroxylation sites is 1. The third kappa shape index (κ3) is 3.46. The van der Waals surface area contributed by atoms with E-state index >= 15 is 0 Å². The molecular weight excluding hydrogens is 224 g/mol. The van der Waals surface area contributed by atoms with Crippen molar-refractivity contribution in [1.82, 2.24) is 0 Å². The molecule has 18 heavy (non-hydrogen) atoms. The second kappa shape index (κ2) is 6.39. The Morgan fingerprint density at radius 3 is 2.83 bits per heavy atom. The molecule has 0 N–H and O–H groups in total. The fourth-order valence-electron chi connectivity index (χ4n) is 2.37. The Morgan fingerprint density at radius 1 is 1.28 bits per heavy atom. The Balaban J connectivity index is 1.70. The fourth-order valence-corrected chi connectivity index (χ4v) is 2.37. The lowest BCUT2D eigenvalue weighted by Gasteiger charge is -2.19. The van der Waals surface area contributed by atoms with Gasteiger partial charge >= 0.3 is 0 Å². The largest absolute Gasteiger partial charge is 0.494 e. The lowest BCUT2D eigenvalue weighted by atomic mass is 9.85. The predicted molar refractivity (Wildman–Crippen MR) is 72.7 cm³/mol. The molecule has 0 aliphatic heterocycles. The van der Waals surface area contributed by atoms with E-state index in [4.69, 9.17) is 4.74 Å². The van der Waals surface area contributed by atoms with E-state index in [1.54, 1.807) is 0 Å². The average Bonchev–Trinajstić information content (AvgIpc) is 2.40. The summed E-state index contributed by atoms with van der Waals surface area (Å²) in [7, 11) is 0. The van der Waals surface area contributed by atoms with Crippen LogP contribution in [0.15, 0.2) is 42.0 Å². The molecule has 0 amide bonds. The minimum atomic E-state index is 0.217. The number of ether oxygens (including phenoxy) is 1. The maximum Gasteiger partial charge on any atom is 0.161 e. The summed E-state index contributed by atoms with van der Waals surface area (Å²) in [5.41, 5.74) is 0.940. The van der Waals surface area contributed by atoms with Crippen LogP contribution in [0.1, 0.15) is 32.6 Å². The van der Waals surface area contributed by atoms with E-state index in [2.05, 4.69) is 6.08 Å². The van der Waals surface area contributed by atoms with Gasteiger partial charge in [-0.2, -0.15) is 0 Å². The van der Waals surface area contributed by atoms with Crippen molar-refractivity contribution in [1.29, 1.82) is 0 Å². The van der Waals surface area contributed by atoms with E-state index in [1.807, 2.05) is 37.3 Å². The van der Waals surface area contributed by atoms with E-state index in [0.717, 1.165) is 37.0 Å². The Hall–Kier alpha value is -1.57. The molecule has 1 aromatic carbocycles. The zero-order valence-electron chi connectivity index (χ0n) is 10.9. The zero-order chi connectivity index (χ0) is 12.8. The molecule has 2 heteroatoms. The second-order valence-corrected chi connectivity index (χ2v) is 4.83. The van der Waals surface area contributed by atoms with Gasteiger partial charge in [0.1, 0.15) is 5.75 Å². The first-order chi connectivity index (χ1) is 8.77. The summed E-state index contributed by atoms with van der Waals surface area (Å²) in [4.78, 5) is 11.9. The van der Waals surface area contributed by atoms with Gasteiger partial charge in [0, 0.05) is 5.92 Å². The maximum absolute atomic E-state index is 11.9. The average molecular weight is 244 g/mol. The minimum Gasteiger partial charge on any atom is -0.494 e. The van der Waals surface area contributed by atoms with Gasteiger partial charge in [-0.1, -0.05) is 24.3 Å². The third-order valence-corrected chi connectivity index (χ3v) is 3.43. The second-order valence-electron chi connectivity index (χ2n) is 4.83. The molecule has 1 aromatic rings. The minimum absolute atomic E-state index is 0.217. The molecule has 0 saturated heterocycles. The van der Waals surface area contributed by atoms with Crippen LogP contribution >= 0.6 is 0 Å². The molecule has 1 atom stereocenters. The highest BCUT2D eigenvalue weighted by Gasteiger charge is 2.21. The molecular formula is C16H20O2. The van der Waals surface area contributed by atoms with Crippen LogP contribution in [0.25, 0.3) is 0 Å². The standard InChI is InChI=1S/C16H20O2/c1-13-7-5-8-14(16(13)17)9-6-12-18-15-10-3-2-4-11-15/h2-4,7,10-11,14H,5-6,8-9,12H2,1H3/t14-/m0/s1. The summed E-state index contributed by atoms with van der Waals surface area (Å²) in [6.45, 7) is 2.62. The number of Topliss-reactive ketones (excluding diaryl/α,β-unsaturated/α-hetero) is 1. The topological polar surface area (TPSA) is 26.3 Å². The highest BCUT2D eigenvalue weighted by atomic mass is 16.5. The monoisotopic (exact) mass is 244 g/mol. The lowest BCUT2D eigenvalue weighted by Crippen LogP contribution is -2.19. The van der Waals surface area contributed by atoms with Crippen LogP contribution in [0, 0.1) is 5.92 Å². The molecule has 2 rings (SSSR count). The van der Waals surface area contributed by atoms with Crippen LogP contribution in [-0.4, -0.2) is 12.4 Å². The van der Waals surface area contributed by atoms with Crippen molar-refractivity contribution in [2.45, 2.75) is 32.6 Å². The number of hydrogen-bond acceptors (Lipinski definition) is 2. The Bertz CT molecular complexity index is 420. The number of hydrogen-bond donors (Lipinski definition) is 0. The fraction of sp³-hybridized carbons (Fsp3) is 0.438. The molecule has 96 valence electrons. The predicted octanol–water partition coefficient (Wildman–Crippen LogP) is 3.77. The molecule has 0 heterocycles. The number of ketones is 1. The van der Waals surface area contributed by atoms with Crippen LogP contribution in [0.4, 0.5) is 0 Å². The molecule has 0 spiro atoms. The van der Waals surface area contributed by atoms with Crippen LogP contribution in [0.3, 0.4) is 0 Å². The van der Waals surface area contributed by atoms with Gasteiger partial charge in [0.15, 0.2) is 5.78 Å². The Kier molecular flexibility index (Phi) is 4.57. The molecule has 0 saturated carbocycles. The van der Waals surface area contributed by atoms with Crippen molar-refractivity contribution in [2.75, 3.05) is 6.61 Å². The highest BCUT2D eigenvalue weighted by molar-refractivity contribution is 5.97. The van der Waals surface area contributed by atoms with E-state index < -0.39 is 0 Å². The van der Waals surface area contributed by atoms with Crippen molar-refractivity contribution in [3.05, 3.63) is 42.0 Å². The van der Waals surface area contributed by atoms with E-state index in [-0.39, 0.29) is 5.92 Å². The summed E-state index contributed by atoms with van der Waals surface area (Å²) in [6.07, 6.45) is 5.98. The lowest BCUT2D eigenvalue weighted by molar-refractivity contribution is -0.120. The Labute approximate surface area is 109 Å². The molecule has 0 unspecified atom stereocenters. The normalized spacial score (nSPS) is 19.5. The van der Waals surface area contributed by atoms with Crippen molar-refractivity contribution >= 4 is 5.78 Å². The summed E-state index contributed by atoms with van der Waals surface area (Å²) in [5, 5.41) is 0. The van der Waals surface area contributed by atoms with Crippen LogP contribution < -0.4 is 4.74 Å². The van der Waals surface area contributed by atoms with Gasteiger partial charge in [-0.3, -0.25) is 4.79 Å². The van der Waals surface area contributed by atoms with Crippen LogP contribution in [0.2, 0.25) is 0 Å². The van der Waals surface area contributed by atoms with Gasteiger partial charge in [-0.15, -0.1) is 0 Å². The van der Waals surface area contributed by atoms with Gasteiger partial charge < -0.3 is 4.74 Å². The van der Waals surface area contributed by atoms with Crippen molar-refractivity contribution < 1.29 is 9.53 Å². The molecule has 2 nitrogen and oxygen atoms in total. The summed E-state index contributed by atoms with van der Waals surface area (Å²) >= 11 is 0. The van der Waals surface area contributed by atoms with Gasteiger partial charge in [-0.05, 0) is 50.3 Å². The summed E-state index contributed by atoms with van der Waals surface area (Å²) in [5.74, 6) is 1.46. The van der Waals surface area contributed by atoms with E-state index in [9.17, 15) is 4.79 Å². The molecule has 1 aliphatic rings. The SMILES string of the molecule is CC1=CCC[C@@H](CCCOc2ccccc2)C1=O. The maximum atomic E-state index is 11.9. The first kappa shape index (κ1) is 12.9. The van der Waals surface area contributed by atoms with Gasteiger partial charge in [0.25, 0.3) is 0 Å². The zero-order valence-corrected chi connectivity index (χ0v) is 10.9. The molecule has 1 aliphatic carbocycles. The summed E-state index contributed by atoms with van der Waals surface area (Å²) in [6, 6.07) is 9.82. The Morgan fingerprint density at radius 2 is 2.06 bits per heavy atom. The molecule has 0 aromatic heterocycles. The molecule has 0 bridgehead atoms. The molecule has 0 radical (unpaired) electrons. The number of carbonyl (C=O) groups excluding carboxylic acids is 1. The number of rotatable bonds is 5. The van der Waals surface area contributed by atoms with Gasteiger partial charge in [0.05, 0.1) is 6.61 Å². The van der Waals surface area contributed by atoms with E-state index in [1.165, 1.54) is 0 Å². The number of allylic oxidation sites excluding steroid dienone is 2.